The summed E-state index contributed by atoms with van der Waals surface area (Å²) in [5.41, 5.74) is 0.834. The summed E-state index contributed by atoms with van der Waals surface area (Å²) in [5.74, 6) is 0.102. The molecule has 1 N–H and O–H groups in total. The van der Waals surface area contributed by atoms with Gasteiger partial charge < -0.3 is 14.2 Å². The summed E-state index contributed by atoms with van der Waals surface area (Å²) >= 11 is 11.1. The van der Waals surface area contributed by atoms with Crippen molar-refractivity contribution in [3.63, 3.8) is 0 Å². The Morgan fingerprint density at radius 2 is 1.55 bits per heavy atom. The van der Waals surface area contributed by atoms with E-state index >= 15 is 0 Å². The van der Waals surface area contributed by atoms with E-state index in [2.05, 4.69) is 5.32 Å². The number of carbonyl (C=O) groups is 2. The first-order valence-corrected chi connectivity index (χ1v) is 9.15. The van der Waals surface area contributed by atoms with Crippen LogP contribution in [0.2, 0.25) is 5.02 Å². The Hall–Kier alpha value is -3.10. The maximum Gasteiger partial charge on any atom is 0.270 e. The molecule has 0 bridgehead atoms. The zero-order valence-electron chi connectivity index (χ0n) is 15.8. The van der Waals surface area contributed by atoms with Crippen molar-refractivity contribution in [2.75, 3.05) is 26.2 Å². The van der Waals surface area contributed by atoms with Crippen LogP contribution in [-0.2, 0) is 9.59 Å². The van der Waals surface area contributed by atoms with Crippen LogP contribution in [0.15, 0.2) is 42.0 Å². The van der Waals surface area contributed by atoms with Crippen molar-refractivity contribution >= 4 is 52.5 Å². The summed E-state index contributed by atoms with van der Waals surface area (Å²) in [5, 5.41) is 3.03. The van der Waals surface area contributed by atoms with Crippen LogP contribution in [0.25, 0.3) is 6.08 Å². The summed E-state index contributed by atoms with van der Waals surface area (Å²) in [6.07, 6.45) is 1.42. The molecule has 9 heteroatoms. The maximum atomic E-state index is 13.1. The number of amides is 2. The zero-order chi connectivity index (χ0) is 21.1. The molecular formula is C20H17ClN2O5S. The Bertz CT molecular complexity index is 1020. The van der Waals surface area contributed by atoms with Crippen molar-refractivity contribution in [1.82, 2.24) is 5.32 Å². The molecule has 0 saturated carbocycles. The van der Waals surface area contributed by atoms with E-state index < -0.39 is 11.8 Å². The number of halogens is 1. The molecule has 2 aromatic carbocycles. The molecule has 1 heterocycles. The van der Waals surface area contributed by atoms with Gasteiger partial charge in [-0.3, -0.25) is 19.8 Å². The van der Waals surface area contributed by atoms with Gasteiger partial charge in [0.2, 0.25) is 0 Å². The number of carbonyl (C=O) groups excluding carboxylic acids is 2. The quantitative estimate of drug-likeness (QED) is 0.444. The van der Waals surface area contributed by atoms with Gasteiger partial charge in [-0.05, 0) is 48.6 Å². The fourth-order valence-electron chi connectivity index (χ4n) is 2.80. The van der Waals surface area contributed by atoms with E-state index in [0.717, 1.165) is 0 Å². The number of hydrogen-bond donors (Lipinski definition) is 1. The lowest BCUT2D eigenvalue weighted by atomic mass is 10.1. The highest BCUT2D eigenvalue weighted by Crippen LogP contribution is 2.36. The van der Waals surface area contributed by atoms with Crippen LogP contribution in [0.4, 0.5) is 5.69 Å². The van der Waals surface area contributed by atoms with Crippen molar-refractivity contribution in [2.24, 2.45) is 0 Å². The molecule has 1 aliphatic heterocycles. The molecule has 0 aliphatic carbocycles. The first-order valence-electron chi connectivity index (χ1n) is 8.36. The molecule has 1 fully saturated rings. The van der Waals surface area contributed by atoms with E-state index in [1.807, 2.05) is 0 Å². The second-order valence-electron chi connectivity index (χ2n) is 5.88. The van der Waals surface area contributed by atoms with Gasteiger partial charge >= 0.3 is 0 Å². The van der Waals surface area contributed by atoms with Crippen LogP contribution in [0.3, 0.4) is 0 Å². The zero-order valence-corrected chi connectivity index (χ0v) is 17.4. The van der Waals surface area contributed by atoms with E-state index in [1.54, 1.807) is 36.4 Å². The summed E-state index contributed by atoms with van der Waals surface area (Å²) in [4.78, 5) is 26.8. The fraction of sp³-hybridized carbons (Fsp3) is 0.150. The number of rotatable bonds is 5. The molecule has 0 spiro atoms. The Kier molecular flexibility index (Phi) is 6.05. The van der Waals surface area contributed by atoms with E-state index in [9.17, 15) is 9.59 Å². The second-order valence-corrected chi connectivity index (χ2v) is 6.71. The summed E-state index contributed by atoms with van der Waals surface area (Å²) in [6.45, 7) is 0. The molecule has 1 saturated heterocycles. The van der Waals surface area contributed by atoms with Crippen molar-refractivity contribution < 1.29 is 23.8 Å². The lowest BCUT2D eigenvalue weighted by Crippen LogP contribution is -2.54. The summed E-state index contributed by atoms with van der Waals surface area (Å²) in [7, 11) is 4.46. The monoisotopic (exact) mass is 432 g/mol. The lowest BCUT2D eigenvalue weighted by Gasteiger charge is -2.29. The highest BCUT2D eigenvalue weighted by molar-refractivity contribution is 7.80. The summed E-state index contributed by atoms with van der Waals surface area (Å²) < 4.78 is 15.9. The molecule has 0 radical (unpaired) electrons. The Morgan fingerprint density at radius 1 is 0.966 bits per heavy atom. The van der Waals surface area contributed by atoms with Crippen molar-refractivity contribution in [2.45, 2.75) is 0 Å². The van der Waals surface area contributed by atoms with Crippen LogP contribution < -0.4 is 24.4 Å². The largest absolute Gasteiger partial charge is 0.496 e. The highest BCUT2D eigenvalue weighted by Gasteiger charge is 2.34. The van der Waals surface area contributed by atoms with Gasteiger partial charge in [0.1, 0.15) is 11.3 Å². The minimum Gasteiger partial charge on any atom is -0.496 e. The average Bonchev–Trinajstić information content (AvgIpc) is 2.71. The molecule has 7 nitrogen and oxygen atoms in total. The Labute approximate surface area is 177 Å². The van der Waals surface area contributed by atoms with Gasteiger partial charge in [0.05, 0.1) is 27.0 Å². The number of nitrogens with one attached hydrogen (secondary N) is 1. The molecule has 150 valence electrons. The molecule has 0 aromatic heterocycles. The minimum atomic E-state index is -0.609. The highest BCUT2D eigenvalue weighted by atomic mass is 35.5. The van der Waals surface area contributed by atoms with Gasteiger partial charge in [0.25, 0.3) is 11.8 Å². The van der Waals surface area contributed by atoms with Crippen molar-refractivity contribution in [3.05, 3.63) is 52.6 Å². The van der Waals surface area contributed by atoms with E-state index in [4.69, 9.17) is 38.0 Å². The van der Waals surface area contributed by atoms with Gasteiger partial charge in [0, 0.05) is 16.7 Å². The average molecular weight is 433 g/mol. The molecule has 2 amide bonds. The SMILES string of the molecule is COc1cc(OC)c(OC)cc1/C=C1/C(=O)NC(=S)N(c2ccc(Cl)cc2)C1=O. The number of ether oxygens (including phenoxy) is 3. The smallest absolute Gasteiger partial charge is 0.270 e. The molecule has 3 rings (SSSR count). The molecule has 2 aromatic rings. The van der Waals surface area contributed by atoms with Crippen LogP contribution >= 0.6 is 23.8 Å². The van der Waals surface area contributed by atoms with E-state index in [0.29, 0.717) is 33.5 Å². The lowest BCUT2D eigenvalue weighted by molar-refractivity contribution is -0.122. The number of methoxy groups -OCH3 is 3. The third-order valence-corrected chi connectivity index (χ3v) is 4.76. The predicted molar refractivity (Wildman–Crippen MR) is 114 cm³/mol. The number of hydrogen-bond acceptors (Lipinski definition) is 6. The van der Waals surface area contributed by atoms with Gasteiger partial charge in [-0.1, -0.05) is 11.6 Å². The number of benzene rings is 2. The predicted octanol–water partition coefficient (Wildman–Crippen LogP) is 3.20. The van der Waals surface area contributed by atoms with Gasteiger partial charge in [0.15, 0.2) is 16.6 Å². The van der Waals surface area contributed by atoms with Crippen LogP contribution in [0.5, 0.6) is 17.2 Å². The normalized spacial score (nSPS) is 15.4. The van der Waals surface area contributed by atoms with E-state index in [-0.39, 0.29) is 10.7 Å². The first kappa shape index (κ1) is 20.6. The van der Waals surface area contributed by atoms with Crippen molar-refractivity contribution in [3.8, 4) is 17.2 Å². The number of anilines is 1. The molecule has 1 aliphatic rings. The topological polar surface area (TPSA) is 77.1 Å². The Balaban J connectivity index is 2.08. The number of nitrogens with zero attached hydrogens (tertiary/aromatic N) is 1. The van der Waals surface area contributed by atoms with Crippen LogP contribution in [0.1, 0.15) is 5.56 Å². The summed E-state index contributed by atoms with van der Waals surface area (Å²) in [6, 6.07) is 9.76. The minimum absolute atomic E-state index is 0.0150. The molecule has 29 heavy (non-hydrogen) atoms. The van der Waals surface area contributed by atoms with Crippen LogP contribution in [-0.4, -0.2) is 38.3 Å². The fourth-order valence-corrected chi connectivity index (χ4v) is 3.21. The van der Waals surface area contributed by atoms with E-state index in [1.165, 1.54) is 32.3 Å². The second kappa shape index (κ2) is 8.50. The van der Waals surface area contributed by atoms with Crippen LogP contribution in [0, 0.1) is 0 Å². The molecular weight excluding hydrogens is 416 g/mol. The standard InChI is InChI=1S/C20H17ClN2O5S/c1-26-15-10-17(28-3)16(27-2)9-11(15)8-14-18(24)22-20(29)23(19(14)25)13-6-4-12(21)5-7-13/h4-10H,1-3H3,(H,22,24,29)/b14-8-. The third-order valence-electron chi connectivity index (χ3n) is 4.22. The third kappa shape index (κ3) is 4.03. The maximum absolute atomic E-state index is 13.1. The number of thiocarbonyl (C=S) groups is 1. The molecule has 0 atom stereocenters. The molecule has 0 unspecified atom stereocenters. The van der Waals surface area contributed by atoms with Gasteiger partial charge in [-0.15, -0.1) is 0 Å². The van der Waals surface area contributed by atoms with Gasteiger partial charge in [-0.25, -0.2) is 0 Å². The van der Waals surface area contributed by atoms with Crippen molar-refractivity contribution in [1.29, 1.82) is 0 Å². The Morgan fingerprint density at radius 3 is 2.14 bits per heavy atom. The van der Waals surface area contributed by atoms with Gasteiger partial charge in [-0.2, -0.15) is 0 Å². The first-order chi connectivity index (χ1) is 13.9.